The van der Waals surface area contributed by atoms with Gasteiger partial charge >= 0.3 is 0 Å². The van der Waals surface area contributed by atoms with Crippen molar-refractivity contribution in [2.45, 2.75) is 29.7 Å². The third-order valence-corrected chi connectivity index (χ3v) is 3.90. The summed E-state index contributed by atoms with van der Waals surface area (Å²) in [6.45, 7) is 3.38. The minimum Gasteiger partial charge on any atom is -0.468 e. The molecule has 1 heterocycles. The summed E-state index contributed by atoms with van der Waals surface area (Å²) in [6.07, 6.45) is 0.821. The number of aliphatic hydroxyl groups excluding tert-OH is 1. The zero-order chi connectivity index (χ0) is 14.0. The topological polar surface area (TPSA) is 76.5 Å². The summed E-state index contributed by atoms with van der Waals surface area (Å²) in [5, 5.41) is 20.6. The summed E-state index contributed by atoms with van der Waals surface area (Å²) in [7, 11) is 0. The van der Waals surface area contributed by atoms with Crippen molar-refractivity contribution in [3.8, 4) is 0 Å². The van der Waals surface area contributed by atoms with E-state index < -0.39 is 11.0 Å². The molecule has 0 bridgehead atoms. The lowest BCUT2D eigenvalue weighted by Gasteiger charge is -2.07. The lowest BCUT2D eigenvalue weighted by Crippen LogP contribution is -1.96. The van der Waals surface area contributed by atoms with Crippen LogP contribution in [0.5, 0.6) is 0 Å². The Morgan fingerprint density at radius 3 is 2.63 bits per heavy atom. The molecule has 6 heteroatoms. The van der Waals surface area contributed by atoms with Crippen LogP contribution in [-0.4, -0.2) is 10.0 Å². The van der Waals surface area contributed by atoms with E-state index in [4.69, 9.17) is 4.42 Å². The molecule has 19 heavy (non-hydrogen) atoms. The van der Waals surface area contributed by atoms with Crippen molar-refractivity contribution in [1.29, 1.82) is 0 Å². The zero-order valence-electron chi connectivity index (χ0n) is 10.5. The Bertz CT molecular complexity index is 606. The fraction of sp³-hybridized carbons (Fsp3) is 0.231. The van der Waals surface area contributed by atoms with Crippen LogP contribution in [0.15, 0.2) is 44.7 Å². The molecule has 5 nitrogen and oxygen atoms in total. The summed E-state index contributed by atoms with van der Waals surface area (Å²) >= 11 is 1.28. The second kappa shape index (κ2) is 5.46. The van der Waals surface area contributed by atoms with Gasteiger partial charge in [-0.2, -0.15) is 0 Å². The highest BCUT2D eigenvalue weighted by Gasteiger charge is 2.18. The molecule has 0 aliphatic carbocycles. The second-order valence-corrected chi connectivity index (χ2v) is 5.19. The minimum absolute atomic E-state index is 0.0102. The third kappa shape index (κ3) is 2.97. The molecule has 1 aromatic heterocycles. The van der Waals surface area contributed by atoms with E-state index in [1.807, 2.05) is 0 Å². The molecule has 1 aromatic carbocycles. The molecule has 0 aliphatic heterocycles. The molecule has 1 atom stereocenters. The Labute approximate surface area is 114 Å². The first-order valence-corrected chi connectivity index (χ1v) is 6.49. The van der Waals surface area contributed by atoms with Gasteiger partial charge in [0.15, 0.2) is 0 Å². The van der Waals surface area contributed by atoms with Crippen LogP contribution in [0.4, 0.5) is 5.69 Å². The molecule has 0 saturated heterocycles. The molecule has 0 spiro atoms. The highest BCUT2D eigenvalue weighted by molar-refractivity contribution is 7.99. The number of nitro benzene ring substituents is 1. The summed E-state index contributed by atoms with van der Waals surface area (Å²) in [6, 6.07) is 6.52. The summed E-state index contributed by atoms with van der Waals surface area (Å²) in [5.74, 6) is 0.721. The van der Waals surface area contributed by atoms with Gasteiger partial charge in [0.1, 0.15) is 5.76 Å². The predicted octanol–water partition coefficient (Wildman–Crippen LogP) is 3.70. The first kappa shape index (κ1) is 13.6. The smallest absolute Gasteiger partial charge is 0.283 e. The lowest BCUT2D eigenvalue weighted by molar-refractivity contribution is -0.387. The number of nitrogens with zero attached hydrogens (tertiary/aromatic N) is 1. The Balaban J connectivity index is 2.40. The second-order valence-electron chi connectivity index (χ2n) is 4.10. The van der Waals surface area contributed by atoms with Crippen molar-refractivity contribution in [3.63, 3.8) is 0 Å². The molecule has 0 amide bonds. The fourth-order valence-corrected chi connectivity index (χ4v) is 2.55. The molecular formula is C13H13NO4S. The van der Waals surface area contributed by atoms with Crippen molar-refractivity contribution in [2.75, 3.05) is 0 Å². The van der Waals surface area contributed by atoms with E-state index in [1.54, 1.807) is 38.3 Å². The number of hydrogen-bond acceptors (Lipinski definition) is 5. The van der Waals surface area contributed by atoms with Gasteiger partial charge in [-0.3, -0.25) is 10.1 Å². The van der Waals surface area contributed by atoms with Crippen molar-refractivity contribution in [2.24, 2.45) is 0 Å². The molecule has 100 valence electrons. The monoisotopic (exact) mass is 279 g/mol. The number of nitro groups is 1. The number of furan rings is 1. The molecule has 2 aromatic rings. The van der Waals surface area contributed by atoms with Crippen molar-refractivity contribution >= 4 is 17.4 Å². The first-order chi connectivity index (χ1) is 8.99. The number of benzene rings is 1. The van der Waals surface area contributed by atoms with Gasteiger partial charge in [-0.05, 0) is 31.5 Å². The van der Waals surface area contributed by atoms with E-state index >= 15 is 0 Å². The normalized spacial score (nSPS) is 12.4. The van der Waals surface area contributed by atoms with Crippen LogP contribution in [0.25, 0.3) is 0 Å². The van der Waals surface area contributed by atoms with E-state index in [-0.39, 0.29) is 5.69 Å². The van der Waals surface area contributed by atoms with Crippen LogP contribution >= 0.6 is 11.8 Å². The Hall–Kier alpha value is -1.79. The van der Waals surface area contributed by atoms with Gasteiger partial charge in [-0.1, -0.05) is 17.8 Å². The summed E-state index contributed by atoms with van der Waals surface area (Å²) in [4.78, 5) is 12.0. The molecule has 0 unspecified atom stereocenters. The van der Waals surface area contributed by atoms with Crippen LogP contribution in [0.1, 0.15) is 24.4 Å². The van der Waals surface area contributed by atoms with E-state index in [2.05, 4.69) is 0 Å². The zero-order valence-corrected chi connectivity index (χ0v) is 11.3. The number of hydrogen-bond donors (Lipinski definition) is 1. The average molecular weight is 279 g/mol. The lowest BCUT2D eigenvalue weighted by atomic mass is 10.1. The molecule has 0 aliphatic rings. The molecule has 0 saturated carbocycles. The van der Waals surface area contributed by atoms with Gasteiger partial charge in [0.05, 0.1) is 27.1 Å². The molecule has 1 N–H and O–H groups in total. The predicted molar refractivity (Wildman–Crippen MR) is 71.3 cm³/mol. The Morgan fingerprint density at radius 1 is 1.37 bits per heavy atom. The van der Waals surface area contributed by atoms with Crippen LogP contribution in [0.2, 0.25) is 0 Å². The SMILES string of the molecule is Cc1occc1Sc1ccc([C@@H](C)O)cc1[N+](=O)[O-]. The summed E-state index contributed by atoms with van der Waals surface area (Å²) < 4.78 is 5.17. The molecule has 0 fully saturated rings. The van der Waals surface area contributed by atoms with E-state index in [1.165, 1.54) is 17.8 Å². The highest BCUT2D eigenvalue weighted by Crippen LogP contribution is 2.37. The highest BCUT2D eigenvalue weighted by atomic mass is 32.2. The minimum atomic E-state index is -0.728. The standard InChI is InChI=1S/C13H13NO4S/c1-8(15)10-3-4-13(11(7-10)14(16)17)19-12-5-6-18-9(12)2/h3-8,15H,1-2H3/t8-/m1/s1. The van der Waals surface area contributed by atoms with Gasteiger partial charge in [0.25, 0.3) is 5.69 Å². The largest absolute Gasteiger partial charge is 0.468 e. The average Bonchev–Trinajstić information content (AvgIpc) is 2.75. The van der Waals surface area contributed by atoms with Gasteiger partial charge in [0, 0.05) is 6.07 Å². The van der Waals surface area contributed by atoms with Crippen LogP contribution < -0.4 is 0 Å². The van der Waals surface area contributed by atoms with Crippen molar-refractivity contribution in [1.82, 2.24) is 0 Å². The Morgan fingerprint density at radius 2 is 2.11 bits per heavy atom. The number of aryl methyl sites for hydroxylation is 1. The number of rotatable bonds is 4. The quantitative estimate of drug-likeness (QED) is 0.682. The van der Waals surface area contributed by atoms with Crippen molar-refractivity contribution < 1.29 is 14.4 Å². The molecular weight excluding hydrogens is 266 g/mol. The van der Waals surface area contributed by atoms with Crippen LogP contribution in [0.3, 0.4) is 0 Å². The van der Waals surface area contributed by atoms with E-state index in [9.17, 15) is 15.2 Å². The molecule has 2 rings (SSSR count). The fourth-order valence-electron chi connectivity index (χ4n) is 1.62. The van der Waals surface area contributed by atoms with Crippen LogP contribution in [-0.2, 0) is 0 Å². The van der Waals surface area contributed by atoms with E-state index in [0.717, 1.165) is 10.7 Å². The van der Waals surface area contributed by atoms with Gasteiger partial charge in [0.2, 0.25) is 0 Å². The maximum atomic E-state index is 11.1. The Kier molecular flexibility index (Phi) is 3.92. The maximum Gasteiger partial charge on any atom is 0.283 e. The maximum absolute atomic E-state index is 11.1. The van der Waals surface area contributed by atoms with Gasteiger partial charge < -0.3 is 9.52 Å². The van der Waals surface area contributed by atoms with Crippen LogP contribution in [0, 0.1) is 17.0 Å². The summed E-state index contributed by atoms with van der Waals surface area (Å²) in [5.41, 5.74) is 0.518. The third-order valence-electron chi connectivity index (χ3n) is 2.69. The van der Waals surface area contributed by atoms with E-state index in [0.29, 0.717) is 10.5 Å². The van der Waals surface area contributed by atoms with Gasteiger partial charge in [-0.15, -0.1) is 0 Å². The van der Waals surface area contributed by atoms with Gasteiger partial charge in [-0.25, -0.2) is 0 Å². The first-order valence-electron chi connectivity index (χ1n) is 5.67. The van der Waals surface area contributed by atoms with Crippen molar-refractivity contribution in [3.05, 3.63) is 52.0 Å². The number of aliphatic hydroxyl groups is 1. The molecule has 0 radical (unpaired) electrons.